The maximum atomic E-state index is 4.07. The molecule has 2 aliphatic carbocycles. The Morgan fingerprint density at radius 2 is 1.86 bits per heavy atom. The van der Waals surface area contributed by atoms with Gasteiger partial charge < -0.3 is 0 Å². The summed E-state index contributed by atoms with van der Waals surface area (Å²) in [4.78, 5) is 0. The van der Waals surface area contributed by atoms with E-state index in [-0.39, 0.29) is 5.41 Å². The van der Waals surface area contributed by atoms with Crippen LogP contribution in [0.1, 0.15) is 25.8 Å². The van der Waals surface area contributed by atoms with Gasteiger partial charge in [0.2, 0.25) is 0 Å². The highest BCUT2D eigenvalue weighted by atomic mass is 127. The van der Waals surface area contributed by atoms with Crippen molar-refractivity contribution in [2.75, 3.05) is 0 Å². The lowest BCUT2D eigenvalue weighted by molar-refractivity contribution is 0.336. The quantitative estimate of drug-likeness (QED) is 0.509. The van der Waals surface area contributed by atoms with Gasteiger partial charge in [0.25, 0.3) is 0 Å². The highest BCUT2D eigenvalue weighted by Crippen LogP contribution is 2.55. The van der Waals surface area contributed by atoms with Gasteiger partial charge in [0, 0.05) is 0 Å². The summed E-state index contributed by atoms with van der Waals surface area (Å²) in [6, 6.07) is 10.5. The van der Waals surface area contributed by atoms with Gasteiger partial charge in [0.15, 0.2) is 0 Å². The van der Waals surface area contributed by atoms with Crippen LogP contribution >= 0.6 is 22.6 Å². The Labute approximate surface area is 147 Å². The number of hydrogen-bond acceptors (Lipinski definition) is 0. The van der Waals surface area contributed by atoms with E-state index >= 15 is 0 Å². The second-order valence-electron chi connectivity index (χ2n) is 6.49. The monoisotopic (exact) mass is 400 g/mol. The van der Waals surface area contributed by atoms with Crippen LogP contribution in [0.5, 0.6) is 0 Å². The summed E-state index contributed by atoms with van der Waals surface area (Å²) in [7, 11) is 0. The van der Waals surface area contributed by atoms with Crippen LogP contribution in [-0.4, -0.2) is 0 Å². The minimum Gasteiger partial charge on any atom is -0.0984 e. The standard InChI is InChI=1S/C21H21I/c1-4-17-18-12-11-16(22)14-20(18)21(2,3)19(17)13-10-15-8-6-5-7-9-15/h4-13,20H,1,14H2,2-3H3/b13-10+. The molecule has 1 aromatic rings. The first-order chi connectivity index (χ1) is 10.5. The third-order valence-electron chi connectivity index (χ3n) is 4.83. The molecule has 0 amide bonds. The van der Waals surface area contributed by atoms with E-state index in [0.29, 0.717) is 5.92 Å². The molecule has 1 atom stereocenters. The number of fused-ring (bicyclic) bond motifs is 1. The molecule has 0 heterocycles. The van der Waals surface area contributed by atoms with Crippen molar-refractivity contribution in [2.45, 2.75) is 20.3 Å². The molecular weight excluding hydrogens is 379 g/mol. The lowest BCUT2D eigenvalue weighted by Crippen LogP contribution is -2.22. The Morgan fingerprint density at radius 3 is 2.55 bits per heavy atom. The minimum atomic E-state index is 0.144. The van der Waals surface area contributed by atoms with Crippen molar-refractivity contribution in [3.05, 3.63) is 87.1 Å². The molecule has 0 bridgehead atoms. The van der Waals surface area contributed by atoms with Crippen molar-refractivity contribution in [2.24, 2.45) is 11.3 Å². The zero-order chi connectivity index (χ0) is 15.7. The van der Waals surface area contributed by atoms with E-state index in [1.54, 1.807) is 0 Å². The van der Waals surface area contributed by atoms with Crippen LogP contribution in [0, 0.1) is 11.3 Å². The summed E-state index contributed by atoms with van der Waals surface area (Å²) < 4.78 is 1.44. The van der Waals surface area contributed by atoms with Gasteiger partial charge in [-0.1, -0.05) is 81.1 Å². The summed E-state index contributed by atoms with van der Waals surface area (Å²) in [5.74, 6) is 0.563. The van der Waals surface area contributed by atoms with Crippen LogP contribution in [0.4, 0.5) is 0 Å². The number of halogens is 1. The Hall–Kier alpha value is -1.35. The molecule has 0 aromatic heterocycles. The molecule has 1 heteroatoms. The molecule has 0 saturated carbocycles. The zero-order valence-electron chi connectivity index (χ0n) is 13.1. The molecule has 112 valence electrons. The second-order valence-corrected chi connectivity index (χ2v) is 7.88. The lowest BCUT2D eigenvalue weighted by atomic mass is 9.73. The first-order valence-electron chi connectivity index (χ1n) is 7.71. The van der Waals surface area contributed by atoms with E-state index < -0.39 is 0 Å². The summed E-state index contributed by atoms with van der Waals surface area (Å²) >= 11 is 2.46. The number of hydrogen-bond donors (Lipinski definition) is 0. The summed E-state index contributed by atoms with van der Waals surface area (Å²) in [5, 5.41) is 0. The van der Waals surface area contributed by atoms with E-state index in [9.17, 15) is 0 Å². The van der Waals surface area contributed by atoms with Gasteiger partial charge in [-0.15, -0.1) is 0 Å². The molecule has 0 nitrogen and oxygen atoms in total. The molecule has 2 aliphatic rings. The van der Waals surface area contributed by atoms with Crippen LogP contribution < -0.4 is 0 Å². The molecule has 0 spiro atoms. The predicted molar refractivity (Wildman–Crippen MR) is 105 cm³/mol. The molecule has 0 fully saturated rings. The third-order valence-corrected chi connectivity index (χ3v) is 5.63. The van der Waals surface area contributed by atoms with Crippen molar-refractivity contribution >= 4 is 28.7 Å². The van der Waals surface area contributed by atoms with E-state index in [2.05, 4.69) is 97.7 Å². The van der Waals surface area contributed by atoms with E-state index in [1.807, 2.05) is 6.08 Å². The Bertz CT molecular complexity index is 712. The van der Waals surface area contributed by atoms with Crippen LogP contribution in [0.3, 0.4) is 0 Å². The van der Waals surface area contributed by atoms with Crippen LogP contribution in [-0.2, 0) is 0 Å². The Kier molecular flexibility index (Phi) is 4.26. The van der Waals surface area contributed by atoms with Gasteiger partial charge >= 0.3 is 0 Å². The predicted octanol–water partition coefficient (Wildman–Crippen LogP) is 6.49. The summed E-state index contributed by atoms with van der Waals surface area (Å²) in [5.41, 5.74) is 5.56. The molecule has 22 heavy (non-hydrogen) atoms. The highest BCUT2D eigenvalue weighted by Gasteiger charge is 2.43. The van der Waals surface area contributed by atoms with Gasteiger partial charge in [-0.2, -0.15) is 0 Å². The van der Waals surface area contributed by atoms with Gasteiger partial charge in [-0.3, -0.25) is 0 Å². The summed E-state index contributed by atoms with van der Waals surface area (Å²) in [6.07, 6.45) is 12.2. The average molecular weight is 400 g/mol. The number of benzene rings is 1. The van der Waals surface area contributed by atoms with E-state index in [0.717, 1.165) is 6.42 Å². The molecule has 0 N–H and O–H groups in total. The Balaban J connectivity index is 2.04. The van der Waals surface area contributed by atoms with Crippen molar-refractivity contribution in [1.82, 2.24) is 0 Å². The average Bonchev–Trinajstić information content (AvgIpc) is 2.73. The molecule has 0 aliphatic heterocycles. The minimum absolute atomic E-state index is 0.144. The second kappa shape index (κ2) is 6.04. The van der Waals surface area contributed by atoms with Crippen LogP contribution in [0.25, 0.3) is 6.08 Å². The van der Waals surface area contributed by atoms with Crippen molar-refractivity contribution in [1.29, 1.82) is 0 Å². The molecule has 0 saturated heterocycles. The maximum Gasteiger partial charge on any atom is -0.00190 e. The fraction of sp³-hybridized carbons (Fsp3) is 0.238. The largest absolute Gasteiger partial charge is 0.0984 e. The van der Waals surface area contributed by atoms with Gasteiger partial charge in [-0.25, -0.2) is 0 Å². The van der Waals surface area contributed by atoms with E-state index in [1.165, 1.54) is 25.9 Å². The molecular formula is C21H21I. The Morgan fingerprint density at radius 1 is 1.14 bits per heavy atom. The number of allylic oxidation sites excluding steroid dienone is 8. The number of rotatable bonds is 3. The van der Waals surface area contributed by atoms with E-state index in [4.69, 9.17) is 0 Å². The molecule has 3 rings (SSSR count). The molecule has 1 unspecified atom stereocenters. The fourth-order valence-corrected chi connectivity index (χ4v) is 4.18. The van der Waals surface area contributed by atoms with Gasteiger partial charge in [0.05, 0.1) is 0 Å². The maximum absolute atomic E-state index is 4.07. The van der Waals surface area contributed by atoms with Gasteiger partial charge in [-0.05, 0) is 66.2 Å². The molecule has 1 aromatic carbocycles. The van der Waals surface area contributed by atoms with Crippen molar-refractivity contribution in [3.8, 4) is 0 Å². The van der Waals surface area contributed by atoms with Crippen molar-refractivity contribution in [3.63, 3.8) is 0 Å². The smallest absolute Gasteiger partial charge is 0.00190 e. The van der Waals surface area contributed by atoms with Gasteiger partial charge in [0.1, 0.15) is 0 Å². The molecule has 0 radical (unpaired) electrons. The van der Waals surface area contributed by atoms with Crippen LogP contribution in [0.2, 0.25) is 0 Å². The third kappa shape index (κ3) is 2.67. The topological polar surface area (TPSA) is 0 Å². The van der Waals surface area contributed by atoms with Crippen molar-refractivity contribution < 1.29 is 0 Å². The van der Waals surface area contributed by atoms with Crippen LogP contribution in [0.15, 0.2) is 81.5 Å². The highest BCUT2D eigenvalue weighted by molar-refractivity contribution is 14.1. The zero-order valence-corrected chi connectivity index (χ0v) is 15.3. The SMILES string of the molecule is C=CC1=C(/C=C/c2ccccc2)C(C)(C)C2CC(I)=CC=C12. The summed E-state index contributed by atoms with van der Waals surface area (Å²) in [6.45, 7) is 8.79. The fourth-order valence-electron chi connectivity index (χ4n) is 3.56. The first kappa shape index (κ1) is 15.5. The first-order valence-corrected chi connectivity index (χ1v) is 8.79. The normalized spacial score (nSPS) is 23.3. The lowest BCUT2D eigenvalue weighted by Gasteiger charge is -2.31.